The second-order valence-corrected chi connectivity index (χ2v) is 9.17. The summed E-state index contributed by atoms with van der Waals surface area (Å²) in [6, 6.07) is 11.5. The van der Waals surface area contributed by atoms with Gasteiger partial charge in [0, 0.05) is 18.8 Å². The molecule has 3 fully saturated rings. The van der Waals surface area contributed by atoms with E-state index in [0.29, 0.717) is 31.0 Å². The summed E-state index contributed by atoms with van der Waals surface area (Å²) in [6.45, 7) is 0.471. The first-order valence-electron chi connectivity index (χ1n) is 9.37. The molecule has 1 aromatic carbocycles. The lowest BCUT2D eigenvalue weighted by molar-refractivity contribution is -0.125. The van der Waals surface area contributed by atoms with Gasteiger partial charge >= 0.3 is 0 Å². The Bertz CT molecular complexity index is 964. The molecule has 1 N–H and O–H groups in total. The van der Waals surface area contributed by atoms with Gasteiger partial charge in [-0.1, -0.05) is 18.2 Å². The summed E-state index contributed by atoms with van der Waals surface area (Å²) in [6.07, 6.45) is 3.90. The van der Waals surface area contributed by atoms with Crippen molar-refractivity contribution in [3.8, 4) is 5.75 Å². The van der Waals surface area contributed by atoms with Gasteiger partial charge in [0.2, 0.25) is 15.9 Å². The Balaban J connectivity index is 1.59. The van der Waals surface area contributed by atoms with E-state index >= 15 is 0 Å². The van der Waals surface area contributed by atoms with E-state index in [1.54, 1.807) is 48.7 Å². The van der Waals surface area contributed by atoms with Crippen molar-refractivity contribution in [1.82, 2.24) is 9.29 Å². The van der Waals surface area contributed by atoms with Gasteiger partial charge in [0.05, 0.1) is 17.9 Å². The van der Waals surface area contributed by atoms with Crippen molar-refractivity contribution in [2.75, 3.05) is 19.0 Å². The Kier molecular flexibility index (Phi) is 5.07. The van der Waals surface area contributed by atoms with Crippen LogP contribution in [0, 0.1) is 11.8 Å². The highest BCUT2D eigenvalue weighted by molar-refractivity contribution is 7.89. The number of piperidine rings is 2. The molecule has 3 aliphatic rings. The molecule has 5 rings (SSSR count). The van der Waals surface area contributed by atoms with Crippen LogP contribution in [0.1, 0.15) is 19.3 Å². The molecule has 0 spiro atoms. The third kappa shape index (κ3) is 3.38. The zero-order chi connectivity index (χ0) is 19.7. The Morgan fingerprint density at radius 3 is 2.68 bits per heavy atom. The fourth-order valence-electron chi connectivity index (χ4n) is 4.29. The van der Waals surface area contributed by atoms with E-state index in [2.05, 4.69) is 10.3 Å². The molecule has 0 radical (unpaired) electrons. The van der Waals surface area contributed by atoms with Gasteiger partial charge in [-0.3, -0.25) is 4.79 Å². The zero-order valence-electron chi connectivity index (χ0n) is 15.6. The molecule has 28 heavy (non-hydrogen) atoms. The number of amides is 1. The Morgan fingerprint density at radius 1 is 1.18 bits per heavy atom. The molecule has 148 valence electrons. The van der Waals surface area contributed by atoms with Crippen molar-refractivity contribution in [1.29, 1.82) is 0 Å². The minimum atomic E-state index is -3.63. The van der Waals surface area contributed by atoms with E-state index in [1.165, 1.54) is 11.4 Å². The topological polar surface area (TPSA) is 88.6 Å². The normalized spacial score (nSPS) is 24.7. The van der Waals surface area contributed by atoms with Crippen molar-refractivity contribution in [3.05, 3.63) is 48.7 Å². The van der Waals surface area contributed by atoms with Crippen molar-refractivity contribution in [3.63, 3.8) is 0 Å². The zero-order valence-corrected chi connectivity index (χ0v) is 16.4. The van der Waals surface area contributed by atoms with E-state index in [1.807, 2.05) is 0 Å². The van der Waals surface area contributed by atoms with Crippen LogP contribution in [0.4, 0.5) is 5.82 Å². The van der Waals surface area contributed by atoms with Gasteiger partial charge in [-0.05, 0) is 49.4 Å². The highest BCUT2D eigenvalue weighted by Gasteiger charge is 2.48. The third-order valence-corrected chi connectivity index (χ3v) is 7.55. The van der Waals surface area contributed by atoms with Gasteiger partial charge in [0.25, 0.3) is 0 Å². The molecule has 2 aromatic rings. The minimum absolute atomic E-state index is 0.185. The molecule has 2 aliphatic heterocycles. The van der Waals surface area contributed by atoms with Gasteiger partial charge in [-0.2, -0.15) is 4.31 Å². The minimum Gasteiger partial charge on any atom is -0.493 e. The lowest BCUT2D eigenvalue weighted by Crippen LogP contribution is -2.57. The molecule has 8 heteroatoms. The highest BCUT2D eigenvalue weighted by atomic mass is 32.2. The summed E-state index contributed by atoms with van der Waals surface area (Å²) in [5.74, 6) is 0.404. The van der Waals surface area contributed by atoms with E-state index in [0.717, 1.165) is 6.42 Å². The first-order valence-corrected chi connectivity index (χ1v) is 10.8. The van der Waals surface area contributed by atoms with Crippen LogP contribution < -0.4 is 10.1 Å². The number of benzene rings is 1. The number of nitrogens with zero attached hydrogens (tertiary/aromatic N) is 2. The summed E-state index contributed by atoms with van der Waals surface area (Å²) in [5, 5.41) is 2.83. The summed E-state index contributed by atoms with van der Waals surface area (Å²) < 4.78 is 33.1. The van der Waals surface area contributed by atoms with Crippen molar-refractivity contribution in [2.24, 2.45) is 11.8 Å². The molecule has 1 amide bonds. The molecule has 1 aliphatic carbocycles. The molecule has 2 bridgehead atoms. The number of pyridine rings is 1. The summed E-state index contributed by atoms with van der Waals surface area (Å²) in [7, 11) is -2.11. The van der Waals surface area contributed by atoms with Crippen LogP contribution in [-0.2, 0) is 14.8 Å². The van der Waals surface area contributed by atoms with Crippen LogP contribution in [0.25, 0.3) is 0 Å². The second-order valence-electron chi connectivity index (χ2n) is 7.28. The molecule has 1 saturated carbocycles. The predicted molar refractivity (Wildman–Crippen MR) is 104 cm³/mol. The van der Waals surface area contributed by atoms with Crippen molar-refractivity contribution < 1.29 is 17.9 Å². The van der Waals surface area contributed by atoms with Crippen LogP contribution in [0.5, 0.6) is 5.75 Å². The maximum atomic E-state index is 13.2. The number of aromatic nitrogens is 1. The number of ether oxygens (including phenoxy) is 1. The number of carbonyl (C=O) groups excluding carboxylic acids is 1. The highest BCUT2D eigenvalue weighted by Crippen LogP contribution is 2.42. The average molecular weight is 401 g/mol. The quantitative estimate of drug-likeness (QED) is 0.832. The Labute approximate surface area is 164 Å². The number of fused-ring (bicyclic) bond motifs is 3. The van der Waals surface area contributed by atoms with Gasteiger partial charge in [-0.15, -0.1) is 0 Å². The number of sulfonamides is 1. The SMILES string of the molecule is COc1cccnc1NC(=O)C1CC2CCC1N(S(=O)(=O)c1ccccc1)C2. The molecule has 3 heterocycles. The van der Waals surface area contributed by atoms with Gasteiger partial charge in [0.1, 0.15) is 0 Å². The number of methoxy groups -OCH3 is 1. The predicted octanol–water partition coefficient (Wildman–Crippen LogP) is 2.52. The van der Waals surface area contributed by atoms with Gasteiger partial charge < -0.3 is 10.1 Å². The first kappa shape index (κ1) is 18.9. The van der Waals surface area contributed by atoms with E-state index < -0.39 is 15.9 Å². The molecular formula is C20H23N3O4S. The largest absolute Gasteiger partial charge is 0.493 e. The lowest BCUT2D eigenvalue weighted by Gasteiger charge is -2.48. The van der Waals surface area contributed by atoms with Crippen LogP contribution in [0.3, 0.4) is 0 Å². The average Bonchev–Trinajstić information content (AvgIpc) is 2.75. The summed E-state index contributed by atoms with van der Waals surface area (Å²) >= 11 is 0. The number of hydrogen-bond acceptors (Lipinski definition) is 5. The fourth-order valence-corrected chi connectivity index (χ4v) is 6.07. The van der Waals surface area contributed by atoms with E-state index in [4.69, 9.17) is 4.74 Å². The second kappa shape index (κ2) is 7.52. The van der Waals surface area contributed by atoms with Crippen LogP contribution in [0.2, 0.25) is 0 Å². The van der Waals surface area contributed by atoms with Crippen LogP contribution in [-0.4, -0.2) is 43.3 Å². The Morgan fingerprint density at radius 2 is 1.96 bits per heavy atom. The Hall–Kier alpha value is -2.45. The molecule has 3 atom stereocenters. The standard InChI is InChI=1S/C20H23N3O4S/c1-27-18-8-5-11-21-19(18)22-20(24)16-12-14-9-10-17(16)23(13-14)28(25,26)15-6-3-2-4-7-15/h2-8,11,14,16-17H,9-10,12-13H2,1H3,(H,21,22,24). The van der Waals surface area contributed by atoms with Crippen LogP contribution >= 0.6 is 0 Å². The molecule has 1 aromatic heterocycles. The number of nitrogens with one attached hydrogen (secondary N) is 1. The van der Waals surface area contributed by atoms with Crippen LogP contribution in [0.15, 0.2) is 53.6 Å². The number of anilines is 1. The smallest absolute Gasteiger partial charge is 0.243 e. The molecule has 7 nitrogen and oxygen atoms in total. The van der Waals surface area contributed by atoms with Gasteiger partial charge in [0.15, 0.2) is 11.6 Å². The summed E-state index contributed by atoms with van der Waals surface area (Å²) in [5.41, 5.74) is 0. The summed E-state index contributed by atoms with van der Waals surface area (Å²) in [4.78, 5) is 17.5. The molecule has 3 unspecified atom stereocenters. The fraction of sp³-hybridized carbons (Fsp3) is 0.400. The maximum Gasteiger partial charge on any atom is 0.243 e. The monoisotopic (exact) mass is 401 g/mol. The van der Waals surface area contributed by atoms with Crippen molar-refractivity contribution in [2.45, 2.75) is 30.2 Å². The molecule has 2 saturated heterocycles. The first-order chi connectivity index (χ1) is 13.5. The number of rotatable bonds is 5. The number of carbonyl (C=O) groups is 1. The van der Waals surface area contributed by atoms with Crippen molar-refractivity contribution >= 4 is 21.7 Å². The number of hydrogen-bond donors (Lipinski definition) is 1. The lowest BCUT2D eigenvalue weighted by atomic mass is 9.73. The molecular weight excluding hydrogens is 378 g/mol. The van der Waals surface area contributed by atoms with E-state index in [9.17, 15) is 13.2 Å². The van der Waals surface area contributed by atoms with Gasteiger partial charge in [-0.25, -0.2) is 13.4 Å². The van der Waals surface area contributed by atoms with E-state index in [-0.39, 0.29) is 22.8 Å². The third-order valence-electron chi connectivity index (χ3n) is 5.65. The maximum absolute atomic E-state index is 13.2.